The van der Waals surface area contributed by atoms with Crippen LogP contribution in [0, 0.1) is 5.92 Å². The van der Waals surface area contributed by atoms with Crippen LogP contribution >= 0.6 is 11.6 Å². The van der Waals surface area contributed by atoms with Crippen LogP contribution in [0.3, 0.4) is 0 Å². The minimum atomic E-state index is -0.501. The molecule has 2 aliphatic carbocycles. The van der Waals surface area contributed by atoms with Gasteiger partial charge in [-0.25, -0.2) is 0 Å². The molecule has 0 radical (unpaired) electrons. The lowest BCUT2D eigenvalue weighted by molar-refractivity contribution is -0.155. The van der Waals surface area contributed by atoms with Gasteiger partial charge in [0, 0.05) is 23.7 Å². The number of halogens is 1. The van der Waals surface area contributed by atoms with Crippen LogP contribution in [-0.4, -0.2) is 41.5 Å². The van der Waals surface area contributed by atoms with Crippen molar-refractivity contribution in [3.05, 3.63) is 70.2 Å². The molecule has 5 nitrogen and oxygen atoms in total. The summed E-state index contributed by atoms with van der Waals surface area (Å²) in [5.74, 6) is -0.561. The predicted octanol–water partition coefficient (Wildman–Crippen LogP) is 6.59. The maximum Gasteiger partial charge on any atom is 0.306 e. The highest BCUT2D eigenvalue weighted by molar-refractivity contribution is 6.30. The summed E-state index contributed by atoms with van der Waals surface area (Å²) in [4.78, 5) is 29.5. The highest BCUT2D eigenvalue weighted by atomic mass is 35.5. The van der Waals surface area contributed by atoms with E-state index in [0.717, 1.165) is 56.9 Å². The molecule has 1 saturated carbocycles. The molecule has 2 aromatic rings. The van der Waals surface area contributed by atoms with Crippen LogP contribution in [0.25, 0.3) is 0 Å². The molecule has 2 fully saturated rings. The Morgan fingerprint density at radius 1 is 0.974 bits per heavy atom. The summed E-state index contributed by atoms with van der Waals surface area (Å²) in [5.41, 5.74) is 10.1. The number of fused-ring (bicyclic) bond motifs is 1. The maximum atomic E-state index is 14.3. The molecular weight excluding hydrogens is 508 g/mol. The van der Waals surface area contributed by atoms with E-state index < -0.39 is 11.5 Å². The van der Waals surface area contributed by atoms with Crippen molar-refractivity contribution in [3.63, 3.8) is 0 Å². The Labute approximate surface area is 238 Å². The molecule has 0 spiro atoms. The largest absolute Gasteiger partial charge is 0.462 e. The Balaban J connectivity index is 1.32. The lowest BCUT2D eigenvalue weighted by atomic mass is 9.81. The third-order valence-electron chi connectivity index (χ3n) is 9.11. The van der Waals surface area contributed by atoms with E-state index in [-0.39, 0.29) is 30.3 Å². The number of hydrogen-bond acceptors (Lipinski definition) is 4. The smallest absolute Gasteiger partial charge is 0.306 e. The molecule has 39 heavy (non-hydrogen) atoms. The fourth-order valence-electron chi connectivity index (χ4n) is 7.10. The van der Waals surface area contributed by atoms with E-state index >= 15 is 0 Å². The molecule has 3 aliphatic rings. The summed E-state index contributed by atoms with van der Waals surface area (Å²) in [7, 11) is 0. The molecule has 6 heteroatoms. The number of aryl methyl sites for hydroxylation is 1. The van der Waals surface area contributed by atoms with Gasteiger partial charge in [-0.3, -0.25) is 9.59 Å². The maximum absolute atomic E-state index is 14.3. The number of esters is 1. The molecule has 3 atom stereocenters. The van der Waals surface area contributed by atoms with Crippen molar-refractivity contribution < 1.29 is 14.3 Å². The van der Waals surface area contributed by atoms with Gasteiger partial charge in [0.25, 0.3) is 0 Å². The summed E-state index contributed by atoms with van der Waals surface area (Å²) in [6, 6.07) is 16.2. The Morgan fingerprint density at radius 2 is 1.69 bits per heavy atom. The summed E-state index contributed by atoms with van der Waals surface area (Å²) in [6.07, 6.45) is 12.1. The zero-order valence-electron chi connectivity index (χ0n) is 23.1. The standard InChI is InChI=1S/C33H43ClN2O3/c34-26-16-13-24(14-17-26)22-33(35)19-8-20-36(23-33)32(38)30(29-18-15-25-9-6-7-12-28(25)29)21-31(37)39-27-10-4-2-1-3-5-11-27/h6-7,9,12-14,16-17,27,29-30H,1-5,8,10-11,15,18-23,35H2/t29-,30+,33-/m1/s1. The lowest BCUT2D eigenvalue weighted by Crippen LogP contribution is -2.58. The van der Waals surface area contributed by atoms with Gasteiger partial charge in [-0.05, 0) is 92.5 Å². The van der Waals surface area contributed by atoms with Crippen molar-refractivity contribution in [2.75, 3.05) is 13.1 Å². The fourth-order valence-corrected chi connectivity index (χ4v) is 7.22. The zero-order valence-corrected chi connectivity index (χ0v) is 23.8. The van der Waals surface area contributed by atoms with E-state index in [1.807, 2.05) is 35.2 Å². The number of benzene rings is 2. The summed E-state index contributed by atoms with van der Waals surface area (Å²) in [6.45, 7) is 1.18. The first-order valence-corrected chi connectivity index (χ1v) is 15.4. The highest BCUT2D eigenvalue weighted by Crippen LogP contribution is 2.41. The van der Waals surface area contributed by atoms with Gasteiger partial charge in [0.15, 0.2) is 0 Å². The lowest BCUT2D eigenvalue weighted by Gasteiger charge is -2.42. The molecular formula is C33H43ClN2O3. The quantitative estimate of drug-likeness (QED) is 0.394. The molecule has 0 bridgehead atoms. The van der Waals surface area contributed by atoms with Crippen LogP contribution in [0.15, 0.2) is 48.5 Å². The van der Waals surface area contributed by atoms with Gasteiger partial charge in [-0.15, -0.1) is 0 Å². The molecule has 1 saturated heterocycles. The number of ether oxygens (including phenoxy) is 1. The number of rotatable bonds is 7. The molecule has 2 N–H and O–H groups in total. The zero-order chi connectivity index (χ0) is 27.2. The van der Waals surface area contributed by atoms with Gasteiger partial charge in [-0.2, -0.15) is 0 Å². The first-order valence-electron chi connectivity index (χ1n) is 15.0. The normalized spacial score (nSPS) is 24.9. The summed E-state index contributed by atoms with van der Waals surface area (Å²) >= 11 is 6.08. The van der Waals surface area contributed by atoms with Crippen molar-refractivity contribution in [1.82, 2.24) is 4.90 Å². The number of amides is 1. The van der Waals surface area contributed by atoms with Crippen LogP contribution in [-0.2, 0) is 27.2 Å². The molecule has 5 rings (SSSR count). The Morgan fingerprint density at radius 3 is 2.46 bits per heavy atom. The fraction of sp³-hybridized carbons (Fsp3) is 0.576. The third-order valence-corrected chi connectivity index (χ3v) is 9.36. The van der Waals surface area contributed by atoms with Crippen LogP contribution < -0.4 is 5.73 Å². The average Bonchev–Trinajstić information content (AvgIpc) is 3.33. The van der Waals surface area contributed by atoms with Gasteiger partial charge < -0.3 is 15.4 Å². The van der Waals surface area contributed by atoms with E-state index in [0.29, 0.717) is 24.5 Å². The number of nitrogens with zero attached hydrogens (tertiary/aromatic N) is 1. The first-order chi connectivity index (χ1) is 18.9. The number of likely N-dealkylation sites (tertiary alicyclic amines) is 1. The molecule has 1 heterocycles. The van der Waals surface area contributed by atoms with Gasteiger partial charge in [0.2, 0.25) is 5.91 Å². The SMILES string of the molecule is N[C@@]1(Cc2ccc(Cl)cc2)CCCN(C(=O)[C@@H](CC(=O)OC2CCCCCCC2)[C@@H]2CCc3ccccc32)C1. The minimum Gasteiger partial charge on any atom is -0.462 e. The topological polar surface area (TPSA) is 72.6 Å². The Bertz CT molecular complexity index is 1130. The second-order valence-electron chi connectivity index (χ2n) is 12.1. The predicted molar refractivity (Wildman–Crippen MR) is 156 cm³/mol. The minimum absolute atomic E-state index is 0.0181. The Hall–Kier alpha value is -2.37. The van der Waals surface area contributed by atoms with Gasteiger partial charge >= 0.3 is 5.97 Å². The van der Waals surface area contributed by atoms with Crippen LogP contribution in [0.2, 0.25) is 5.02 Å². The van der Waals surface area contributed by atoms with Crippen LogP contribution in [0.1, 0.15) is 93.2 Å². The molecule has 2 aromatic carbocycles. The van der Waals surface area contributed by atoms with Gasteiger partial charge in [-0.1, -0.05) is 67.3 Å². The number of piperidine rings is 1. The van der Waals surface area contributed by atoms with Crippen molar-refractivity contribution in [3.8, 4) is 0 Å². The third kappa shape index (κ3) is 7.24. The average molecular weight is 551 g/mol. The first kappa shape index (κ1) is 28.2. The van der Waals surface area contributed by atoms with Gasteiger partial charge in [0.05, 0.1) is 12.3 Å². The van der Waals surface area contributed by atoms with Crippen molar-refractivity contribution >= 4 is 23.5 Å². The molecule has 0 aromatic heterocycles. The molecule has 0 unspecified atom stereocenters. The molecule has 210 valence electrons. The second kappa shape index (κ2) is 12.9. The number of carbonyl (C=O) groups is 2. The number of nitrogens with two attached hydrogens (primary N) is 1. The van der Waals surface area contributed by atoms with E-state index in [9.17, 15) is 9.59 Å². The summed E-state index contributed by atoms with van der Waals surface area (Å²) in [5, 5.41) is 0.705. The van der Waals surface area contributed by atoms with E-state index in [4.69, 9.17) is 22.1 Å². The molecule has 1 amide bonds. The number of hydrogen-bond donors (Lipinski definition) is 1. The summed E-state index contributed by atoms with van der Waals surface area (Å²) < 4.78 is 6.03. The highest BCUT2D eigenvalue weighted by Gasteiger charge is 2.41. The monoisotopic (exact) mass is 550 g/mol. The van der Waals surface area contributed by atoms with E-state index in [2.05, 4.69) is 18.2 Å². The van der Waals surface area contributed by atoms with Crippen molar-refractivity contribution in [1.29, 1.82) is 0 Å². The second-order valence-corrected chi connectivity index (χ2v) is 12.6. The van der Waals surface area contributed by atoms with E-state index in [1.165, 1.54) is 30.4 Å². The van der Waals surface area contributed by atoms with Crippen LogP contribution in [0.4, 0.5) is 0 Å². The number of carbonyl (C=O) groups excluding carboxylic acids is 2. The van der Waals surface area contributed by atoms with Crippen LogP contribution in [0.5, 0.6) is 0 Å². The van der Waals surface area contributed by atoms with Crippen molar-refractivity contribution in [2.24, 2.45) is 11.7 Å². The Kier molecular flexibility index (Phi) is 9.29. The van der Waals surface area contributed by atoms with Gasteiger partial charge in [0.1, 0.15) is 6.10 Å². The molecule has 1 aliphatic heterocycles. The van der Waals surface area contributed by atoms with Crippen molar-refractivity contribution in [2.45, 2.75) is 101 Å². The van der Waals surface area contributed by atoms with E-state index in [1.54, 1.807) is 0 Å².